The summed E-state index contributed by atoms with van der Waals surface area (Å²) in [5.74, 6) is 0. The van der Waals surface area contributed by atoms with Crippen LogP contribution >= 0.6 is 34.5 Å². The first-order valence-corrected chi connectivity index (χ1v) is 12.3. The van der Waals surface area contributed by atoms with E-state index in [-0.39, 0.29) is 0 Å². The lowest BCUT2D eigenvalue weighted by molar-refractivity contribution is 0.0772. The molecule has 0 amide bonds. The Morgan fingerprint density at radius 3 is 2.61 bits per heavy atom. The third-order valence-electron chi connectivity index (χ3n) is 5.57. The lowest BCUT2D eigenvalue weighted by Gasteiger charge is -2.22. The summed E-state index contributed by atoms with van der Waals surface area (Å²) >= 11 is 13.8. The highest BCUT2D eigenvalue weighted by Crippen LogP contribution is 2.38. The van der Waals surface area contributed by atoms with Crippen LogP contribution < -0.4 is 0 Å². The molecule has 2 heterocycles. The minimum Gasteiger partial charge on any atom is -0.388 e. The molecule has 4 aromatic rings. The number of aromatic nitrogens is 1. The van der Waals surface area contributed by atoms with Crippen molar-refractivity contribution in [3.63, 3.8) is 0 Å². The Balaban J connectivity index is 1.47. The molecule has 0 aliphatic rings. The molecule has 3 nitrogen and oxygen atoms in total. The maximum absolute atomic E-state index is 10.8. The molecule has 0 spiro atoms. The van der Waals surface area contributed by atoms with Gasteiger partial charge in [0, 0.05) is 0 Å². The summed E-state index contributed by atoms with van der Waals surface area (Å²) in [6.45, 7) is 3.57. The molecule has 4 rings (SSSR count). The van der Waals surface area contributed by atoms with E-state index in [1.807, 2.05) is 72.8 Å². The van der Waals surface area contributed by atoms with Gasteiger partial charge in [-0.3, -0.25) is 0 Å². The second kappa shape index (κ2) is 9.96. The quantitative estimate of drug-likeness (QED) is 0.275. The van der Waals surface area contributed by atoms with Crippen LogP contribution in [-0.2, 0) is 12.0 Å². The first kappa shape index (κ1) is 23.9. The Hall–Kier alpha value is -2.21. The molecule has 0 saturated heterocycles. The summed E-state index contributed by atoms with van der Waals surface area (Å²) < 4.78 is 1.51. The van der Waals surface area contributed by atoms with E-state index < -0.39 is 11.7 Å². The Morgan fingerprint density at radius 2 is 1.82 bits per heavy atom. The monoisotopic (exact) mass is 497 g/mol. The predicted octanol–water partition coefficient (Wildman–Crippen LogP) is 7.67. The molecule has 0 aliphatic carbocycles. The molecule has 0 radical (unpaired) electrons. The molecule has 0 saturated carbocycles. The van der Waals surface area contributed by atoms with Crippen LogP contribution in [0.3, 0.4) is 0 Å². The highest BCUT2D eigenvalue weighted by Gasteiger charge is 2.20. The summed E-state index contributed by atoms with van der Waals surface area (Å²) in [6.07, 6.45) is 4.53. The van der Waals surface area contributed by atoms with Crippen molar-refractivity contribution in [1.29, 1.82) is 0 Å². The Morgan fingerprint density at radius 1 is 1.03 bits per heavy atom. The van der Waals surface area contributed by atoms with Crippen LogP contribution in [0, 0.1) is 0 Å². The van der Waals surface area contributed by atoms with Crippen molar-refractivity contribution in [2.45, 2.75) is 38.4 Å². The third kappa shape index (κ3) is 5.65. The third-order valence-corrected chi connectivity index (χ3v) is 7.50. The average molecular weight is 498 g/mol. The number of aryl methyl sites for hydroxylation is 1. The van der Waals surface area contributed by atoms with Crippen molar-refractivity contribution < 1.29 is 10.2 Å². The highest BCUT2D eigenvalue weighted by molar-refractivity contribution is 7.23. The van der Waals surface area contributed by atoms with Gasteiger partial charge in [-0.1, -0.05) is 71.7 Å². The number of benzene rings is 2. The molecule has 6 heteroatoms. The van der Waals surface area contributed by atoms with E-state index >= 15 is 0 Å². The van der Waals surface area contributed by atoms with Crippen molar-refractivity contribution in [1.82, 2.24) is 4.98 Å². The van der Waals surface area contributed by atoms with Gasteiger partial charge in [-0.15, -0.1) is 11.3 Å². The van der Waals surface area contributed by atoms with E-state index in [4.69, 9.17) is 23.2 Å². The Labute approximate surface area is 208 Å². The molecular formula is C27H25Cl2NO2S. The summed E-state index contributed by atoms with van der Waals surface area (Å²) in [6, 6.07) is 19.6. The summed E-state index contributed by atoms with van der Waals surface area (Å²) in [4.78, 5) is 4.60. The van der Waals surface area contributed by atoms with E-state index in [1.54, 1.807) is 13.8 Å². The second-order valence-electron chi connectivity index (χ2n) is 8.55. The summed E-state index contributed by atoms with van der Waals surface area (Å²) in [5, 5.41) is 21.7. The molecule has 33 heavy (non-hydrogen) atoms. The number of fused-ring (bicyclic) bond motifs is 1. The molecule has 2 N–H and O–H groups in total. The zero-order chi connectivity index (χ0) is 23.6. The Bertz CT molecular complexity index is 1310. The van der Waals surface area contributed by atoms with Crippen LogP contribution in [0.5, 0.6) is 0 Å². The first-order chi connectivity index (χ1) is 15.7. The fraction of sp³-hybridized carbons (Fsp3) is 0.222. The molecule has 2 aromatic carbocycles. The van der Waals surface area contributed by atoms with E-state index in [0.717, 1.165) is 32.6 Å². The molecule has 0 unspecified atom stereocenters. The number of aliphatic hydroxyl groups is 2. The number of halogens is 2. The molecule has 0 aliphatic heterocycles. The van der Waals surface area contributed by atoms with Gasteiger partial charge < -0.3 is 10.2 Å². The van der Waals surface area contributed by atoms with Gasteiger partial charge in [0.05, 0.1) is 27.1 Å². The van der Waals surface area contributed by atoms with E-state index in [9.17, 15) is 10.2 Å². The molecular weight excluding hydrogens is 473 g/mol. The van der Waals surface area contributed by atoms with Gasteiger partial charge in [0.25, 0.3) is 0 Å². The lowest BCUT2D eigenvalue weighted by atomic mass is 9.90. The van der Waals surface area contributed by atoms with Gasteiger partial charge in [0.1, 0.15) is 9.85 Å². The van der Waals surface area contributed by atoms with Crippen LogP contribution in [0.4, 0.5) is 0 Å². The van der Waals surface area contributed by atoms with Gasteiger partial charge in [-0.25, -0.2) is 4.98 Å². The minimum atomic E-state index is -0.915. The molecule has 1 atom stereocenters. The SMILES string of the molecule is CC(C)(O)c1ccccc1CC[C@H](O)c1cccc(/C=C/c2ccc3sc(Cl)c(Cl)c3n2)c1. The zero-order valence-electron chi connectivity index (χ0n) is 18.4. The van der Waals surface area contributed by atoms with E-state index in [0.29, 0.717) is 27.7 Å². The normalized spacial score (nSPS) is 13.2. The fourth-order valence-electron chi connectivity index (χ4n) is 3.87. The average Bonchev–Trinajstić information content (AvgIpc) is 3.09. The molecule has 170 valence electrons. The maximum atomic E-state index is 10.8. The second-order valence-corrected chi connectivity index (χ2v) is 10.6. The zero-order valence-corrected chi connectivity index (χ0v) is 20.8. The standard InChI is InChI=1S/C27H25Cl2NO2S/c1-27(2,32)21-9-4-3-7-18(21)11-14-22(31)19-8-5-6-17(16-19)10-12-20-13-15-23-25(30-20)24(28)26(29)33-23/h3-10,12-13,15-16,22,31-32H,11,14H2,1-2H3/b12-10+/t22-/m0/s1. The maximum Gasteiger partial charge on any atom is 0.114 e. The minimum absolute atomic E-state index is 0.489. The molecule has 0 fully saturated rings. The van der Waals surface area contributed by atoms with Crippen molar-refractivity contribution in [2.75, 3.05) is 0 Å². The smallest absolute Gasteiger partial charge is 0.114 e. The van der Waals surface area contributed by atoms with Crippen molar-refractivity contribution in [3.05, 3.63) is 98.0 Å². The van der Waals surface area contributed by atoms with E-state index in [2.05, 4.69) is 4.98 Å². The van der Waals surface area contributed by atoms with Gasteiger partial charge >= 0.3 is 0 Å². The van der Waals surface area contributed by atoms with Crippen LogP contribution in [0.15, 0.2) is 60.7 Å². The van der Waals surface area contributed by atoms with Crippen LogP contribution in [0.1, 0.15) is 54.3 Å². The van der Waals surface area contributed by atoms with E-state index in [1.165, 1.54) is 11.3 Å². The molecule has 2 aromatic heterocycles. The Kier molecular flexibility index (Phi) is 7.22. The van der Waals surface area contributed by atoms with Gasteiger partial charge in [-0.2, -0.15) is 0 Å². The number of hydrogen-bond acceptors (Lipinski definition) is 4. The molecule has 0 bridgehead atoms. The number of thiophene rings is 1. The fourth-order valence-corrected chi connectivity index (χ4v) is 5.29. The van der Waals surface area contributed by atoms with Crippen molar-refractivity contribution >= 4 is 56.9 Å². The van der Waals surface area contributed by atoms with Gasteiger partial charge in [0.2, 0.25) is 0 Å². The lowest BCUT2D eigenvalue weighted by Crippen LogP contribution is -2.18. The topological polar surface area (TPSA) is 53.4 Å². The van der Waals surface area contributed by atoms with Crippen molar-refractivity contribution in [3.8, 4) is 0 Å². The van der Waals surface area contributed by atoms with Gasteiger partial charge in [0.15, 0.2) is 0 Å². The predicted molar refractivity (Wildman–Crippen MR) is 140 cm³/mol. The summed E-state index contributed by atoms with van der Waals surface area (Å²) in [7, 11) is 0. The number of pyridine rings is 1. The van der Waals surface area contributed by atoms with Gasteiger partial charge in [-0.05, 0) is 73.2 Å². The summed E-state index contributed by atoms with van der Waals surface area (Å²) in [5.41, 5.74) is 4.35. The van der Waals surface area contributed by atoms with Crippen molar-refractivity contribution in [2.24, 2.45) is 0 Å². The number of hydrogen-bond donors (Lipinski definition) is 2. The van der Waals surface area contributed by atoms with Crippen LogP contribution in [-0.4, -0.2) is 15.2 Å². The number of nitrogens with zero attached hydrogens (tertiary/aromatic N) is 1. The number of aliphatic hydroxyl groups excluding tert-OH is 1. The first-order valence-electron chi connectivity index (χ1n) is 10.7. The van der Waals surface area contributed by atoms with Crippen LogP contribution in [0.2, 0.25) is 9.36 Å². The number of rotatable bonds is 7. The van der Waals surface area contributed by atoms with Crippen LogP contribution in [0.25, 0.3) is 22.4 Å². The largest absolute Gasteiger partial charge is 0.388 e. The highest BCUT2D eigenvalue weighted by atomic mass is 35.5.